The average Bonchev–Trinajstić information content (AvgIpc) is 3.37. The third-order valence-corrected chi connectivity index (χ3v) is 3.83. The lowest BCUT2D eigenvalue weighted by atomic mass is 10.2. The minimum atomic E-state index is 0.284. The Morgan fingerprint density at radius 1 is 1.00 bits per heavy atom. The van der Waals surface area contributed by atoms with Crippen molar-refractivity contribution in [3.8, 4) is 17.4 Å². The second-order valence-electron chi connectivity index (χ2n) is 5.79. The number of nitrogens with one attached hydrogen (secondary N) is 1. The van der Waals surface area contributed by atoms with E-state index in [4.69, 9.17) is 4.74 Å². The van der Waals surface area contributed by atoms with Crippen molar-refractivity contribution in [3.63, 3.8) is 0 Å². The molecule has 28 heavy (non-hydrogen) atoms. The van der Waals surface area contributed by atoms with Gasteiger partial charge < -0.3 is 10.1 Å². The van der Waals surface area contributed by atoms with E-state index in [1.807, 2.05) is 54.6 Å². The molecule has 10 heteroatoms. The highest BCUT2D eigenvalue weighted by molar-refractivity contribution is 5.36. The number of aromatic nitrogens is 8. The van der Waals surface area contributed by atoms with Crippen LogP contribution in [0.25, 0.3) is 5.69 Å². The highest BCUT2D eigenvalue weighted by atomic mass is 16.5. The van der Waals surface area contributed by atoms with E-state index in [-0.39, 0.29) is 6.01 Å². The molecule has 1 N–H and O–H groups in total. The maximum atomic E-state index is 5.88. The van der Waals surface area contributed by atoms with Crippen molar-refractivity contribution in [2.75, 3.05) is 5.32 Å². The molecule has 0 atom stereocenters. The van der Waals surface area contributed by atoms with E-state index in [1.165, 1.54) is 4.68 Å². The zero-order chi connectivity index (χ0) is 19.2. The highest BCUT2D eigenvalue weighted by Gasteiger charge is 2.11. The van der Waals surface area contributed by atoms with Gasteiger partial charge in [0.2, 0.25) is 5.95 Å². The summed E-state index contributed by atoms with van der Waals surface area (Å²) in [5.74, 6) is 1.19. The van der Waals surface area contributed by atoms with Crippen molar-refractivity contribution in [1.82, 2.24) is 40.4 Å². The van der Waals surface area contributed by atoms with Crippen LogP contribution in [0.4, 0.5) is 5.95 Å². The predicted octanol–water partition coefficient (Wildman–Crippen LogP) is 2.24. The van der Waals surface area contributed by atoms with Crippen LogP contribution in [0, 0.1) is 0 Å². The Bertz CT molecular complexity index is 1060. The number of hydrogen-bond acceptors (Lipinski definition) is 8. The lowest BCUT2D eigenvalue weighted by Crippen LogP contribution is -2.08. The normalized spacial score (nSPS) is 10.6. The van der Waals surface area contributed by atoms with Gasteiger partial charge in [-0.15, -0.1) is 6.58 Å². The molecule has 0 radical (unpaired) electrons. The first-order chi connectivity index (χ1) is 13.8. The summed E-state index contributed by atoms with van der Waals surface area (Å²) >= 11 is 0. The number of hydrogen-bond donors (Lipinski definition) is 1. The van der Waals surface area contributed by atoms with Gasteiger partial charge in [0.15, 0.2) is 0 Å². The van der Waals surface area contributed by atoms with E-state index < -0.39 is 0 Å². The van der Waals surface area contributed by atoms with Gasteiger partial charge in [0.25, 0.3) is 0 Å². The molecular formula is C18H17N9O. The molecule has 2 heterocycles. The summed E-state index contributed by atoms with van der Waals surface area (Å²) in [6.45, 7) is 4.75. The molecular weight excluding hydrogens is 358 g/mol. The minimum Gasteiger partial charge on any atom is -0.423 e. The maximum absolute atomic E-state index is 5.88. The van der Waals surface area contributed by atoms with Gasteiger partial charge in [0.05, 0.1) is 12.2 Å². The maximum Gasteiger partial charge on any atom is 0.345 e. The van der Waals surface area contributed by atoms with Crippen LogP contribution < -0.4 is 10.1 Å². The van der Waals surface area contributed by atoms with E-state index in [2.05, 4.69) is 42.9 Å². The first-order valence-electron chi connectivity index (χ1n) is 8.55. The molecule has 2 aromatic carbocycles. The zero-order valence-corrected chi connectivity index (χ0v) is 14.9. The van der Waals surface area contributed by atoms with E-state index in [0.29, 0.717) is 24.8 Å². The summed E-state index contributed by atoms with van der Waals surface area (Å²) in [7, 11) is 0. The molecule has 4 aromatic rings. The molecule has 0 unspecified atom stereocenters. The molecule has 140 valence electrons. The van der Waals surface area contributed by atoms with Gasteiger partial charge in [-0.25, -0.2) is 4.68 Å². The topological polar surface area (TPSA) is 108 Å². The molecule has 0 aliphatic rings. The second kappa shape index (κ2) is 8.08. The van der Waals surface area contributed by atoms with Crippen LogP contribution in [0.3, 0.4) is 0 Å². The van der Waals surface area contributed by atoms with Gasteiger partial charge in [-0.1, -0.05) is 46.6 Å². The van der Waals surface area contributed by atoms with Gasteiger partial charge in [0, 0.05) is 6.54 Å². The lowest BCUT2D eigenvalue weighted by Gasteiger charge is -2.09. The van der Waals surface area contributed by atoms with Crippen LogP contribution >= 0.6 is 0 Å². The van der Waals surface area contributed by atoms with Gasteiger partial charge in [0.1, 0.15) is 5.75 Å². The molecule has 0 fully saturated rings. The quantitative estimate of drug-likeness (QED) is 0.467. The molecule has 0 aliphatic carbocycles. The fraction of sp³-hybridized carbons (Fsp3) is 0.111. The Morgan fingerprint density at radius 3 is 2.71 bits per heavy atom. The summed E-state index contributed by atoms with van der Waals surface area (Å²) in [5, 5.41) is 26.4. The number of nitrogens with zero attached hydrogens (tertiary/aromatic N) is 8. The summed E-state index contributed by atoms with van der Waals surface area (Å²) in [5.41, 5.74) is 1.80. The Hall–Kier alpha value is -4.08. The van der Waals surface area contributed by atoms with Gasteiger partial charge in [-0.3, -0.25) is 0 Å². The van der Waals surface area contributed by atoms with Gasteiger partial charge in [-0.2, -0.15) is 4.68 Å². The minimum absolute atomic E-state index is 0.284. The Morgan fingerprint density at radius 2 is 1.86 bits per heavy atom. The van der Waals surface area contributed by atoms with Crippen LogP contribution in [-0.4, -0.2) is 40.4 Å². The first kappa shape index (κ1) is 17.3. The largest absolute Gasteiger partial charge is 0.423 e. The smallest absolute Gasteiger partial charge is 0.345 e. The lowest BCUT2D eigenvalue weighted by molar-refractivity contribution is 0.427. The number of tetrazole rings is 2. The zero-order valence-electron chi connectivity index (χ0n) is 14.9. The standard InChI is InChI=1S/C18H17N9O/c1-2-11-26-17(20-22-24-26)19-13-14-7-6-10-16(12-14)28-18-21-23-25-27(18)15-8-4-3-5-9-15/h2-10,12H,1,11,13H2,(H,19,20,24). The fourth-order valence-corrected chi connectivity index (χ4v) is 2.56. The van der Waals surface area contributed by atoms with Crippen molar-refractivity contribution in [3.05, 3.63) is 72.8 Å². The summed E-state index contributed by atoms with van der Waals surface area (Å²) in [6, 6.07) is 17.4. The number of anilines is 1. The Kier molecular flexibility index (Phi) is 5.00. The van der Waals surface area contributed by atoms with Crippen LogP contribution in [0.15, 0.2) is 67.3 Å². The molecule has 0 amide bonds. The van der Waals surface area contributed by atoms with Crippen LogP contribution in [0.1, 0.15) is 5.56 Å². The third-order valence-electron chi connectivity index (χ3n) is 3.83. The van der Waals surface area contributed by atoms with Gasteiger partial charge in [-0.05, 0) is 50.7 Å². The monoisotopic (exact) mass is 375 g/mol. The fourth-order valence-electron chi connectivity index (χ4n) is 2.56. The number of ether oxygens (including phenoxy) is 1. The van der Waals surface area contributed by atoms with Crippen molar-refractivity contribution >= 4 is 5.95 Å². The molecule has 10 nitrogen and oxygen atoms in total. The van der Waals surface area contributed by atoms with Crippen LogP contribution in [-0.2, 0) is 13.1 Å². The molecule has 0 spiro atoms. The van der Waals surface area contributed by atoms with E-state index in [9.17, 15) is 0 Å². The van der Waals surface area contributed by atoms with E-state index >= 15 is 0 Å². The van der Waals surface area contributed by atoms with Crippen molar-refractivity contribution in [1.29, 1.82) is 0 Å². The van der Waals surface area contributed by atoms with Crippen LogP contribution in [0.5, 0.6) is 11.8 Å². The average molecular weight is 375 g/mol. The number of benzene rings is 2. The Labute approximate surface area is 160 Å². The van der Waals surface area contributed by atoms with Crippen LogP contribution in [0.2, 0.25) is 0 Å². The summed E-state index contributed by atoms with van der Waals surface area (Å²) in [6.07, 6.45) is 1.73. The van der Waals surface area contributed by atoms with Crippen molar-refractivity contribution in [2.24, 2.45) is 0 Å². The number of allylic oxidation sites excluding steroid dienone is 1. The van der Waals surface area contributed by atoms with E-state index in [0.717, 1.165) is 11.3 Å². The Balaban J connectivity index is 1.47. The third kappa shape index (κ3) is 3.85. The van der Waals surface area contributed by atoms with Gasteiger partial charge >= 0.3 is 6.01 Å². The molecule has 0 bridgehead atoms. The first-order valence-corrected chi connectivity index (χ1v) is 8.55. The molecule has 0 saturated heterocycles. The second-order valence-corrected chi connectivity index (χ2v) is 5.79. The molecule has 0 aliphatic heterocycles. The molecule has 0 saturated carbocycles. The SMILES string of the molecule is C=CCn1nnnc1NCc1cccc(Oc2nnnn2-c2ccccc2)c1. The highest BCUT2D eigenvalue weighted by Crippen LogP contribution is 2.22. The van der Waals surface area contributed by atoms with Crippen molar-refractivity contribution in [2.45, 2.75) is 13.1 Å². The molecule has 2 aromatic heterocycles. The summed E-state index contributed by atoms with van der Waals surface area (Å²) in [4.78, 5) is 0. The van der Waals surface area contributed by atoms with E-state index in [1.54, 1.807) is 10.8 Å². The van der Waals surface area contributed by atoms with Crippen molar-refractivity contribution < 1.29 is 4.74 Å². The number of para-hydroxylation sites is 1. The predicted molar refractivity (Wildman–Crippen MR) is 101 cm³/mol. The number of rotatable bonds is 8. The summed E-state index contributed by atoms with van der Waals surface area (Å²) < 4.78 is 9.05. The molecule has 4 rings (SSSR count).